The first kappa shape index (κ1) is 15.7. The van der Waals surface area contributed by atoms with Crippen molar-refractivity contribution in [3.8, 4) is 11.3 Å². The fourth-order valence-corrected chi connectivity index (χ4v) is 4.47. The molecule has 0 aliphatic heterocycles. The van der Waals surface area contributed by atoms with E-state index in [9.17, 15) is 13.9 Å². The number of aryl methyl sites for hydroxylation is 1. The molecule has 0 atom stereocenters. The number of aliphatic hydroxyl groups is 1. The van der Waals surface area contributed by atoms with Crippen LogP contribution in [0.25, 0.3) is 32.6 Å². The van der Waals surface area contributed by atoms with E-state index in [1.165, 1.54) is 11.3 Å². The monoisotopic (exact) mass is 373 g/mol. The Balaban J connectivity index is 1.55. The quantitative estimate of drug-likeness (QED) is 0.584. The highest BCUT2D eigenvalue weighted by atomic mass is 32.1. The Kier molecular flexibility index (Phi) is 3.03. The number of fused-ring (bicyclic) bond motifs is 2. The van der Waals surface area contributed by atoms with Gasteiger partial charge in [0, 0.05) is 41.9 Å². The van der Waals surface area contributed by atoms with Crippen LogP contribution < -0.4 is 0 Å². The van der Waals surface area contributed by atoms with E-state index in [0.29, 0.717) is 26.6 Å². The lowest BCUT2D eigenvalue weighted by Crippen LogP contribution is -2.48. The van der Waals surface area contributed by atoms with Gasteiger partial charge in [0.1, 0.15) is 15.9 Å². The second-order valence-corrected chi connectivity index (χ2v) is 7.75. The third kappa shape index (κ3) is 2.31. The van der Waals surface area contributed by atoms with Crippen molar-refractivity contribution in [1.29, 1.82) is 0 Å². The second kappa shape index (κ2) is 5.01. The van der Waals surface area contributed by atoms with Crippen LogP contribution in [-0.4, -0.2) is 36.0 Å². The first-order valence-corrected chi connectivity index (χ1v) is 8.82. The maximum absolute atomic E-state index is 13.2. The molecule has 4 aromatic heterocycles. The van der Waals surface area contributed by atoms with Gasteiger partial charge in [-0.25, -0.2) is 23.4 Å². The van der Waals surface area contributed by atoms with Crippen molar-refractivity contribution in [2.75, 3.05) is 0 Å². The highest BCUT2D eigenvalue weighted by Gasteiger charge is 2.57. The molecule has 0 saturated heterocycles. The maximum atomic E-state index is 13.2. The Morgan fingerprint density at radius 1 is 1.23 bits per heavy atom. The van der Waals surface area contributed by atoms with Crippen LogP contribution in [0.2, 0.25) is 0 Å². The molecular weight excluding hydrogens is 360 g/mol. The molecule has 0 radical (unpaired) electrons. The Labute approximate surface area is 150 Å². The van der Waals surface area contributed by atoms with Gasteiger partial charge in [-0.3, -0.25) is 0 Å². The van der Waals surface area contributed by atoms with Crippen LogP contribution in [0.4, 0.5) is 8.78 Å². The molecule has 9 heteroatoms. The lowest BCUT2D eigenvalue weighted by Gasteiger charge is -2.42. The minimum Gasteiger partial charge on any atom is -0.384 e. The summed E-state index contributed by atoms with van der Waals surface area (Å²) in [5, 5.41) is 19.2. The van der Waals surface area contributed by atoms with Crippen molar-refractivity contribution in [3.63, 3.8) is 0 Å². The molecule has 1 N–H and O–H groups in total. The second-order valence-electron chi connectivity index (χ2n) is 6.72. The maximum Gasteiger partial charge on any atom is 0.254 e. The van der Waals surface area contributed by atoms with Gasteiger partial charge in [0.25, 0.3) is 5.92 Å². The number of hydrogen-bond donors (Lipinski definition) is 1. The molecule has 1 saturated carbocycles. The van der Waals surface area contributed by atoms with Crippen LogP contribution in [0.3, 0.4) is 0 Å². The van der Waals surface area contributed by atoms with Crippen molar-refractivity contribution in [1.82, 2.24) is 25.0 Å². The zero-order valence-corrected chi connectivity index (χ0v) is 14.5. The summed E-state index contributed by atoms with van der Waals surface area (Å²) >= 11 is 1.25. The van der Waals surface area contributed by atoms with E-state index >= 15 is 0 Å². The van der Waals surface area contributed by atoms with Crippen molar-refractivity contribution < 1.29 is 13.9 Å². The van der Waals surface area contributed by atoms with E-state index in [2.05, 4.69) is 20.3 Å². The normalized spacial score (nSPS) is 18.3. The van der Waals surface area contributed by atoms with Crippen LogP contribution >= 0.6 is 11.3 Å². The van der Waals surface area contributed by atoms with Crippen molar-refractivity contribution in [3.05, 3.63) is 35.3 Å². The van der Waals surface area contributed by atoms with Gasteiger partial charge in [0.2, 0.25) is 0 Å². The average molecular weight is 373 g/mol. The van der Waals surface area contributed by atoms with E-state index in [1.807, 2.05) is 18.2 Å². The molecule has 0 amide bonds. The molecule has 0 aromatic carbocycles. The first-order chi connectivity index (χ1) is 12.3. The van der Waals surface area contributed by atoms with Crippen LogP contribution in [0.1, 0.15) is 17.7 Å². The molecular formula is C17H13F2N5OS. The van der Waals surface area contributed by atoms with Crippen molar-refractivity contribution >= 4 is 32.7 Å². The highest BCUT2D eigenvalue weighted by molar-refractivity contribution is 7.18. The van der Waals surface area contributed by atoms with Gasteiger partial charge >= 0.3 is 0 Å². The zero-order valence-electron chi connectivity index (χ0n) is 13.6. The van der Waals surface area contributed by atoms with Crippen LogP contribution in [0, 0.1) is 0 Å². The van der Waals surface area contributed by atoms with Crippen molar-refractivity contribution in [2.45, 2.75) is 24.4 Å². The number of pyridine rings is 2. The van der Waals surface area contributed by atoms with Gasteiger partial charge in [-0.15, -0.1) is 16.4 Å². The highest BCUT2D eigenvalue weighted by Crippen LogP contribution is 2.53. The first-order valence-electron chi connectivity index (χ1n) is 8.00. The predicted octanol–water partition coefficient (Wildman–Crippen LogP) is 3.26. The molecule has 1 fully saturated rings. The summed E-state index contributed by atoms with van der Waals surface area (Å²) in [4.78, 5) is 10.2. The third-order valence-electron chi connectivity index (χ3n) is 4.68. The Morgan fingerprint density at radius 3 is 2.81 bits per heavy atom. The minimum atomic E-state index is -2.79. The number of alkyl halides is 2. The molecule has 5 rings (SSSR count). The lowest BCUT2D eigenvalue weighted by molar-refractivity contribution is -0.208. The Hall–Kier alpha value is -2.52. The van der Waals surface area contributed by atoms with Gasteiger partial charge in [0.15, 0.2) is 5.65 Å². The van der Waals surface area contributed by atoms with E-state index in [4.69, 9.17) is 0 Å². The molecule has 26 heavy (non-hydrogen) atoms. The van der Waals surface area contributed by atoms with Crippen molar-refractivity contribution in [2.24, 2.45) is 7.05 Å². The Bertz CT molecular complexity index is 1160. The van der Waals surface area contributed by atoms with E-state index in [0.717, 1.165) is 10.9 Å². The molecule has 0 unspecified atom stereocenters. The standard InChI is InChI=1S/C17H13F2N5OS/c1-24-14-12(22-23-24)4-10(6-20-14)11-3-2-9-5-13(26-15(9)21-11)16(25)7-17(18,19)8-16/h2-6,25H,7-8H2,1H3. The van der Waals surface area contributed by atoms with Gasteiger partial charge < -0.3 is 5.11 Å². The molecule has 132 valence electrons. The minimum absolute atomic E-state index is 0.533. The molecule has 0 bridgehead atoms. The summed E-state index contributed by atoms with van der Waals surface area (Å²) in [6.45, 7) is 0. The smallest absolute Gasteiger partial charge is 0.254 e. The summed E-state index contributed by atoms with van der Waals surface area (Å²) in [6, 6.07) is 7.32. The molecule has 6 nitrogen and oxygen atoms in total. The van der Waals surface area contributed by atoms with Gasteiger partial charge in [-0.1, -0.05) is 5.21 Å². The molecule has 1 aliphatic carbocycles. The predicted molar refractivity (Wildman–Crippen MR) is 93.0 cm³/mol. The van der Waals surface area contributed by atoms with Gasteiger partial charge in [-0.05, 0) is 24.3 Å². The van der Waals surface area contributed by atoms with E-state index < -0.39 is 24.4 Å². The van der Waals surface area contributed by atoms with Crippen LogP contribution in [-0.2, 0) is 12.6 Å². The number of aromatic nitrogens is 5. The molecule has 4 heterocycles. The molecule has 1 aliphatic rings. The number of hydrogen-bond acceptors (Lipinski definition) is 6. The SMILES string of the molecule is Cn1nnc2cc(-c3ccc4cc(C5(O)CC(F)(F)C5)sc4n3)cnc21. The zero-order chi connectivity index (χ0) is 18.1. The molecule has 4 aromatic rings. The van der Waals surface area contributed by atoms with E-state index in [1.54, 1.807) is 24.0 Å². The fraction of sp³-hybridized carbons (Fsp3) is 0.294. The number of nitrogens with zero attached hydrogens (tertiary/aromatic N) is 5. The topological polar surface area (TPSA) is 76.7 Å². The number of thiophene rings is 1. The van der Waals surface area contributed by atoms with Gasteiger partial charge in [-0.2, -0.15) is 0 Å². The van der Waals surface area contributed by atoms with Gasteiger partial charge in [0.05, 0.1) is 5.69 Å². The van der Waals surface area contributed by atoms with Crippen LogP contribution in [0.15, 0.2) is 30.5 Å². The summed E-state index contributed by atoms with van der Waals surface area (Å²) in [7, 11) is 1.77. The van der Waals surface area contributed by atoms with Crippen LogP contribution in [0.5, 0.6) is 0 Å². The largest absolute Gasteiger partial charge is 0.384 e. The molecule has 0 spiro atoms. The summed E-state index contributed by atoms with van der Waals surface area (Å²) < 4.78 is 28.0. The average Bonchev–Trinajstić information content (AvgIpc) is 3.16. The van der Waals surface area contributed by atoms with E-state index in [-0.39, 0.29) is 0 Å². The third-order valence-corrected chi connectivity index (χ3v) is 5.92. The lowest BCUT2D eigenvalue weighted by atomic mass is 9.75. The summed E-state index contributed by atoms with van der Waals surface area (Å²) in [5.74, 6) is -2.79. The summed E-state index contributed by atoms with van der Waals surface area (Å²) in [5.41, 5.74) is 1.40. The number of halogens is 2. The fourth-order valence-electron chi connectivity index (χ4n) is 3.35. The Morgan fingerprint density at radius 2 is 2.04 bits per heavy atom. The summed E-state index contributed by atoms with van der Waals surface area (Å²) in [6.07, 6.45) is 0.633. The number of rotatable bonds is 2.